The molecule has 0 aromatic carbocycles. The third-order valence-electron chi connectivity index (χ3n) is 2.50. The van der Waals surface area contributed by atoms with E-state index in [1.807, 2.05) is 0 Å². The molecule has 1 N–H and O–H groups in total. The van der Waals surface area contributed by atoms with E-state index in [9.17, 15) is 9.90 Å². The van der Waals surface area contributed by atoms with E-state index >= 15 is 0 Å². The molecule has 0 atom stereocenters. The maximum absolute atomic E-state index is 11.3. The van der Waals surface area contributed by atoms with Crippen molar-refractivity contribution >= 4 is 17.7 Å². The number of rotatable bonds is 3. The van der Waals surface area contributed by atoms with Gasteiger partial charge in [0.05, 0.1) is 11.3 Å². The van der Waals surface area contributed by atoms with Gasteiger partial charge in [0, 0.05) is 17.3 Å². The largest absolute Gasteiger partial charge is 0.478 e. The lowest BCUT2D eigenvalue weighted by Crippen LogP contribution is -2.07. The summed E-state index contributed by atoms with van der Waals surface area (Å²) < 4.78 is 0. The molecule has 0 aliphatic heterocycles. The molecule has 0 amide bonds. The van der Waals surface area contributed by atoms with Gasteiger partial charge in [0.15, 0.2) is 0 Å². The normalized spacial score (nSPS) is 10.3. The average Bonchev–Trinajstić information content (AvgIpc) is 2.35. The van der Waals surface area contributed by atoms with Crippen molar-refractivity contribution in [2.24, 2.45) is 0 Å². The van der Waals surface area contributed by atoms with E-state index in [-0.39, 0.29) is 5.56 Å². The zero-order valence-electron chi connectivity index (χ0n) is 9.91. The first-order valence-electron chi connectivity index (χ1n) is 5.24. The minimum Gasteiger partial charge on any atom is -0.478 e. The standard InChI is InChI=1S/C12H11N3O2S/c1-7-8(2)14-15-11(10(7)12(16)17)18-9-3-5-13-6-4-9/h3-6H,1-2H3,(H,16,17). The second-order valence-electron chi connectivity index (χ2n) is 3.68. The number of carboxylic acid groups (broad SMARTS) is 1. The van der Waals surface area contributed by atoms with E-state index in [0.29, 0.717) is 16.3 Å². The van der Waals surface area contributed by atoms with Crippen molar-refractivity contribution in [2.45, 2.75) is 23.8 Å². The predicted molar refractivity (Wildman–Crippen MR) is 66.8 cm³/mol. The smallest absolute Gasteiger partial charge is 0.338 e. The Morgan fingerprint density at radius 1 is 1.22 bits per heavy atom. The number of aryl methyl sites for hydroxylation is 1. The number of aromatic nitrogens is 3. The molecule has 6 heteroatoms. The third-order valence-corrected chi connectivity index (χ3v) is 3.49. The summed E-state index contributed by atoms with van der Waals surface area (Å²) in [6.45, 7) is 3.49. The van der Waals surface area contributed by atoms with Crippen LogP contribution >= 0.6 is 11.8 Å². The van der Waals surface area contributed by atoms with Crippen LogP contribution in [-0.4, -0.2) is 26.3 Å². The zero-order chi connectivity index (χ0) is 13.1. The Balaban J connectivity index is 2.45. The molecule has 0 radical (unpaired) electrons. The summed E-state index contributed by atoms with van der Waals surface area (Å²) >= 11 is 1.27. The van der Waals surface area contributed by atoms with Crippen LogP contribution in [0, 0.1) is 13.8 Å². The maximum Gasteiger partial charge on any atom is 0.338 e. The van der Waals surface area contributed by atoms with Crippen molar-refractivity contribution in [3.63, 3.8) is 0 Å². The van der Waals surface area contributed by atoms with Gasteiger partial charge in [-0.15, -0.1) is 5.10 Å². The van der Waals surface area contributed by atoms with Crippen molar-refractivity contribution in [2.75, 3.05) is 0 Å². The zero-order valence-corrected chi connectivity index (χ0v) is 10.7. The van der Waals surface area contributed by atoms with Crippen LogP contribution in [-0.2, 0) is 0 Å². The molecular weight excluding hydrogens is 250 g/mol. The minimum atomic E-state index is -0.984. The molecule has 0 bridgehead atoms. The molecule has 0 fully saturated rings. The molecule has 0 saturated heterocycles. The number of aromatic carboxylic acids is 1. The van der Waals surface area contributed by atoms with Crippen LogP contribution in [0.3, 0.4) is 0 Å². The van der Waals surface area contributed by atoms with Crippen LogP contribution in [0.2, 0.25) is 0 Å². The first-order chi connectivity index (χ1) is 8.59. The summed E-state index contributed by atoms with van der Waals surface area (Å²) in [5, 5.41) is 17.6. The van der Waals surface area contributed by atoms with Gasteiger partial charge in [0.2, 0.25) is 0 Å². The van der Waals surface area contributed by atoms with E-state index in [1.54, 1.807) is 38.4 Å². The number of carbonyl (C=O) groups is 1. The molecule has 2 aromatic rings. The molecule has 92 valence electrons. The van der Waals surface area contributed by atoms with Crippen molar-refractivity contribution in [1.29, 1.82) is 0 Å². The van der Waals surface area contributed by atoms with Crippen LogP contribution in [0.15, 0.2) is 34.4 Å². The highest BCUT2D eigenvalue weighted by atomic mass is 32.2. The minimum absolute atomic E-state index is 0.212. The quantitative estimate of drug-likeness (QED) is 0.913. The molecule has 0 unspecified atom stereocenters. The van der Waals surface area contributed by atoms with E-state index in [4.69, 9.17) is 0 Å². The number of hydrogen-bond donors (Lipinski definition) is 1. The Morgan fingerprint density at radius 3 is 2.50 bits per heavy atom. The lowest BCUT2D eigenvalue weighted by Gasteiger charge is -2.08. The van der Waals surface area contributed by atoms with Gasteiger partial charge in [0.25, 0.3) is 0 Å². The van der Waals surface area contributed by atoms with Crippen molar-refractivity contribution in [3.05, 3.63) is 41.3 Å². The first-order valence-corrected chi connectivity index (χ1v) is 6.06. The van der Waals surface area contributed by atoms with Gasteiger partial charge in [-0.2, -0.15) is 5.10 Å². The second-order valence-corrected chi connectivity index (χ2v) is 4.74. The monoisotopic (exact) mass is 261 g/mol. The third kappa shape index (κ3) is 2.48. The molecule has 0 spiro atoms. The van der Waals surface area contributed by atoms with Crippen LogP contribution in [0.4, 0.5) is 0 Å². The van der Waals surface area contributed by atoms with Gasteiger partial charge in [-0.3, -0.25) is 4.98 Å². The summed E-state index contributed by atoms with van der Waals surface area (Å²) in [7, 11) is 0. The van der Waals surface area contributed by atoms with Crippen LogP contribution in [0.1, 0.15) is 21.6 Å². The predicted octanol–water partition coefficient (Wildman–Crippen LogP) is 2.34. The lowest BCUT2D eigenvalue weighted by atomic mass is 10.1. The second kappa shape index (κ2) is 5.14. The van der Waals surface area contributed by atoms with Crippen LogP contribution < -0.4 is 0 Å². The fourth-order valence-electron chi connectivity index (χ4n) is 1.43. The molecule has 18 heavy (non-hydrogen) atoms. The molecule has 5 nitrogen and oxygen atoms in total. The molecule has 0 aliphatic carbocycles. The Morgan fingerprint density at radius 2 is 1.89 bits per heavy atom. The number of carboxylic acids is 1. The summed E-state index contributed by atoms with van der Waals surface area (Å²) in [4.78, 5) is 16.1. The molecular formula is C12H11N3O2S. The summed E-state index contributed by atoms with van der Waals surface area (Å²) in [5.41, 5.74) is 1.49. The molecule has 2 aromatic heterocycles. The van der Waals surface area contributed by atoms with Crippen molar-refractivity contribution in [1.82, 2.24) is 15.2 Å². The Bertz CT molecular complexity index is 587. The van der Waals surface area contributed by atoms with Gasteiger partial charge < -0.3 is 5.11 Å². The molecule has 2 heterocycles. The van der Waals surface area contributed by atoms with Gasteiger partial charge >= 0.3 is 5.97 Å². The fourth-order valence-corrected chi connectivity index (χ4v) is 2.33. The maximum atomic E-state index is 11.3. The summed E-state index contributed by atoms with van der Waals surface area (Å²) in [6.07, 6.45) is 3.30. The van der Waals surface area contributed by atoms with E-state index in [1.165, 1.54) is 11.8 Å². The van der Waals surface area contributed by atoms with Gasteiger partial charge in [0.1, 0.15) is 5.03 Å². The van der Waals surface area contributed by atoms with E-state index in [2.05, 4.69) is 15.2 Å². The summed E-state index contributed by atoms with van der Waals surface area (Å²) in [6, 6.07) is 3.60. The highest BCUT2D eigenvalue weighted by Gasteiger charge is 2.18. The van der Waals surface area contributed by atoms with Gasteiger partial charge in [-0.1, -0.05) is 11.8 Å². The van der Waals surface area contributed by atoms with E-state index in [0.717, 1.165) is 4.90 Å². The Hall–Kier alpha value is -1.95. The van der Waals surface area contributed by atoms with E-state index < -0.39 is 5.97 Å². The Labute approximate surface area is 108 Å². The first kappa shape index (κ1) is 12.5. The van der Waals surface area contributed by atoms with Gasteiger partial charge in [-0.25, -0.2) is 4.79 Å². The molecule has 0 aliphatic rings. The Kier molecular flexibility index (Phi) is 3.57. The summed E-state index contributed by atoms with van der Waals surface area (Å²) in [5.74, 6) is -0.984. The van der Waals surface area contributed by atoms with Crippen LogP contribution in [0.5, 0.6) is 0 Å². The van der Waals surface area contributed by atoms with Gasteiger partial charge in [-0.05, 0) is 31.5 Å². The topological polar surface area (TPSA) is 76.0 Å². The number of pyridine rings is 1. The van der Waals surface area contributed by atoms with Crippen molar-refractivity contribution < 1.29 is 9.90 Å². The molecule has 2 rings (SSSR count). The number of hydrogen-bond acceptors (Lipinski definition) is 5. The fraction of sp³-hybridized carbons (Fsp3) is 0.167. The molecule has 0 saturated carbocycles. The van der Waals surface area contributed by atoms with Crippen molar-refractivity contribution in [3.8, 4) is 0 Å². The highest BCUT2D eigenvalue weighted by Crippen LogP contribution is 2.29. The average molecular weight is 261 g/mol. The lowest BCUT2D eigenvalue weighted by molar-refractivity contribution is 0.0690. The van der Waals surface area contributed by atoms with Crippen LogP contribution in [0.25, 0.3) is 0 Å². The highest BCUT2D eigenvalue weighted by molar-refractivity contribution is 7.99. The number of nitrogens with zero attached hydrogens (tertiary/aromatic N) is 3. The SMILES string of the molecule is Cc1nnc(Sc2ccncc2)c(C(=O)O)c1C.